The van der Waals surface area contributed by atoms with Gasteiger partial charge in [-0.15, -0.1) is 0 Å². The van der Waals surface area contributed by atoms with Gasteiger partial charge in [-0.1, -0.05) is 12.1 Å². The summed E-state index contributed by atoms with van der Waals surface area (Å²) in [4.78, 5) is 23.0. The minimum absolute atomic E-state index is 0.0373. The van der Waals surface area contributed by atoms with Gasteiger partial charge in [0.15, 0.2) is 0 Å². The van der Waals surface area contributed by atoms with Crippen molar-refractivity contribution in [2.75, 3.05) is 18.5 Å². The average molecular weight is 313 g/mol. The number of amides is 2. The summed E-state index contributed by atoms with van der Waals surface area (Å²) in [5.74, 6) is -0.562. The summed E-state index contributed by atoms with van der Waals surface area (Å²) >= 11 is 0. The van der Waals surface area contributed by atoms with Gasteiger partial charge in [0, 0.05) is 25.8 Å². The molecule has 2 N–H and O–H groups in total. The molecule has 0 aliphatic carbocycles. The molecular formula is C17H19N3O3. The van der Waals surface area contributed by atoms with E-state index in [1.807, 2.05) is 6.07 Å². The fourth-order valence-electron chi connectivity index (χ4n) is 2.29. The number of carbonyl (C=O) groups is 2. The summed E-state index contributed by atoms with van der Waals surface area (Å²) in [6, 6.07) is 8.80. The molecule has 120 valence electrons. The standard InChI is InChI=1S/C17H19N3O3/c1-12(21)20-15-6-4-13(5-7-15)9-14(10-18)17(22)19-11-16-3-2-8-23-16/h4-7,9,16H,2-3,8,11H2,1H3,(H,19,22)(H,20,21)/b14-9+/t16-/m1/s1. The van der Waals surface area contributed by atoms with Crippen molar-refractivity contribution in [1.29, 1.82) is 5.26 Å². The summed E-state index contributed by atoms with van der Waals surface area (Å²) in [5.41, 5.74) is 1.41. The van der Waals surface area contributed by atoms with Crippen molar-refractivity contribution in [3.05, 3.63) is 35.4 Å². The van der Waals surface area contributed by atoms with Crippen LogP contribution in [0.4, 0.5) is 5.69 Å². The van der Waals surface area contributed by atoms with E-state index < -0.39 is 5.91 Å². The number of hydrogen-bond acceptors (Lipinski definition) is 4. The lowest BCUT2D eigenvalue weighted by Crippen LogP contribution is -2.32. The third kappa shape index (κ3) is 5.24. The lowest BCUT2D eigenvalue weighted by molar-refractivity contribution is -0.117. The van der Waals surface area contributed by atoms with Gasteiger partial charge < -0.3 is 15.4 Å². The van der Waals surface area contributed by atoms with E-state index in [2.05, 4.69) is 10.6 Å². The second-order valence-electron chi connectivity index (χ2n) is 5.32. The Kier molecular flexibility index (Phi) is 5.89. The highest BCUT2D eigenvalue weighted by Crippen LogP contribution is 2.13. The molecule has 6 nitrogen and oxygen atoms in total. The topological polar surface area (TPSA) is 91.2 Å². The maximum atomic E-state index is 12.0. The summed E-state index contributed by atoms with van der Waals surface area (Å²) in [6.07, 6.45) is 3.48. The fourth-order valence-corrected chi connectivity index (χ4v) is 2.29. The largest absolute Gasteiger partial charge is 0.376 e. The van der Waals surface area contributed by atoms with Crippen molar-refractivity contribution in [3.63, 3.8) is 0 Å². The normalized spacial score (nSPS) is 17.4. The van der Waals surface area contributed by atoms with E-state index >= 15 is 0 Å². The first kappa shape index (κ1) is 16.7. The summed E-state index contributed by atoms with van der Waals surface area (Å²) < 4.78 is 5.43. The van der Waals surface area contributed by atoms with Crippen LogP contribution in [0.2, 0.25) is 0 Å². The monoisotopic (exact) mass is 313 g/mol. The van der Waals surface area contributed by atoms with Crippen LogP contribution in [0.3, 0.4) is 0 Å². The van der Waals surface area contributed by atoms with Crippen LogP contribution >= 0.6 is 0 Å². The van der Waals surface area contributed by atoms with Crippen LogP contribution in [0.1, 0.15) is 25.3 Å². The van der Waals surface area contributed by atoms with Crippen molar-refractivity contribution < 1.29 is 14.3 Å². The Morgan fingerprint density at radius 3 is 2.70 bits per heavy atom. The van der Waals surface area contributed by atoms with Crippen LogP contribution in [-0.4, -0.2) is 31.1 Å². The van der Waals surface area contributed by atoms with Crippen LogP contribution in [0, 0.1) is 11.3 Å². The molecule has 0 bridgehead atoms. The molecule has 1 aliphatic rings. The van der Waals surface area contributed by atoms with Crippen molar-refractivity contribution in [3.8, 4) is 6.07 Å². The maximum absolute atomic E-state index is 12.0. The SMILES string of the molecule is CC(=O)Nc1ccc(/C=C(\C#N)C(=O)NC[C@H]2CCCO2)cc1. The number of ether oxygens (including phenoxy) is 1. The Labute approximate surface area is 135 Å². The summed E-state index contributed by atoms with van der Waals surface area (Å²) in [7, 11) is 0. The first-order valence-corrected chi connectivity index (χ1v) is 7.47. The zero-order valence-corrected chi connectivity index (χ0v) is 13.0. The van der Waals surface area contributed by atoms with Crippen molar-refractivity contribution in [2.24, 2.45) is 0 Å². The Morgan fingerprint density at radius 1 is 1.39 bits per heavy atom. The molecular weight excluding hydrogens is 294 g/mol. The van der Waals surface area contributed by atoms with E-state index in [0.717, 1.165) is 19.4 Å². The number of anilines is 1. The number of benzene rings is 1. The van der Waals surface area contributed by atoms with Crippen LogP contribution < -0.4 is 10.6 Å². The minimum Gasteiger partial charge on any atom is -0.376 e. The number of rotatable bonds is 5. The quantitative estimate of drug-likeness (QED) is 0.641. The van der Waals surface area contributed by atoms with Crippen molar-refractivity contribution >= 4 is 23.6 Å². The first-order valence-electron chi connectivity index (χ1n) is 7.47. The van der Waals surface area contributed by atoms with Gasteiger partial charge in [0.25, 0.3) is 5.91 Å². The number of hydrogen-bond donors (Lipinski definition) is 2. The third-order valence-electron chi connectivity index (χ3n) is 3.42. The van der Waals surface area contributed by atoms with Gasteiger partial charge in [-0.3, -0.25) is 9.59 Å². The first-order chi connectivity index (χ1) is 11.1. The molecule has 2 rings (SSSR count). The fraction of sp³-hybridized carbons (Fsp3) is 0.353. The Bertz CT molecular complexity index is 638. The summed E-state index contributed by atoms with van der Waals surface area (Å²) in [5, 5.41) is 14.5. The van der Waals surface area contributed by atoms with E-state index in [4.69, 9.17) is 10.00 Å². The number of nitrogens with zero attached hydrogens (tertiary/aromatic N) is 1. The van der Waals surface area contributed by atoms with Gasteiger partial charge in [0.1, 0.15) is 11.6 Å². The van der Waals surface area contributed by atoms with Gasteiger partial charge in [-0.05, 0) is 36.6 Å². The molecule has 1 heterocycles. The molecule has 23 heavy (non-hydrogen) atoms. The smallest absolute Gasteiger partial charge is 0.262 e. The second-order valence-corrected chi connectivity index (χ2v) is 5.32. The lowest BCUT2D eigenvalue weighted by Gasteiger charge is -2.10. The lowest BCUT2D eigenvalue weighted by atomic mass is 10.1. The molecule has 1 atom stereocenters. The van der Waals surface area contributed by atoms with Crippen molar-refractivity contribution in [1.82, 2.24) is 5.32 Å². The maximum Gasteiger partial charge on any atom is 0.262 e. The van der Waals surface area contributed by atoms with Crippen molar-refractivity contribution in [2.45, 2.75) is 25.9 Å². The number of nitriles is 1. The number of carbonyl (C=O) groups excluding carboxylic acids is 2. The van der Waals surface area contributed by atoms with Gasteiger partial charge in [-0.25, -0.2) is 0 Å². The highest BCUT2D eigenvalue weighted by molar-refractivity contribution is 6.01. The van der Waals surface area contributed by atoms with Crippen LogP contribution in [-0.2, 0) is 14.3 Å². The van der Waals surface area contributed by atoms with Crippen LogP contribution in [0.15, 0.2) is 29.8 Å². The predicted octanol–water partition coefficient (Wildman–Crippen LogP) is 1.85. The zero-order valence-electron chi connectivity index (χ0n) is 13.0. The molecule has 1 fully saturated rings. The van der Waals surface area contributed by atoms with Crippen LogP contribution in [0.25, 0.3) is 6.08 Å². The molecule has 0 radical (unpaired) electrons. The highest BCUT2D eigenvalue weighted by Gasteiger charge is 2.17. The van der Waals surface area contributed by atoms with E-state index in [9.17, 15) is 9.59 Å². The summed E-state index contributed by atoms with van der Waals surface area (Å²) in [6.45, 7) is 2.57. The van der Waals surface area contributed by atoms with E-state index in [-0.39, 0.29) is 17.6 Å². The van der Waals surface area contributed by atoms with Gasteiger partial charge in [-0.2, -0.15) is 5.26 Å². The number of nitrogens with one attached hydrogen (secondary N) is 2. The Morgan fingerprint density at radius 2 is 2.13 bits per heavy atom. The van der Waals surface area contributed by atoms with E-state index in [1.54, 1.807) is 24.3 Å². The Balaban J connectivity index is 1.98. The molecule has 0 saturated carbocycles. The van der Waals surface area contributed by atoms with E-state index in [1.165, 1.54) is 13.0 Å². The molecule has 0 unspecified atom stereocenters. The molecule has 1 aromatic carbocycles. The predicted molar refractivity (Wildman–Crippen MR) is 86.3 cm³/mol. The molecule has 1 aliphatic heterocycles. The van der Waals surface area contributed by atoms with Crippen LogP contribution in [0.5, 0.6) is 0 Å². The van der Waals surface area contributed by atoms with E-state index in [0.29, 0.717) is 17.8 Å². The van der Waals surface area contributed by atoms with Gasteiger partial charge in [0.05, 0.1) is 6.10 Å². The molecule has 2 amide bonds. The molecule has 0 spiro atoms. The molecule has 1 aromatic rings. The second kappa shape index (κ2) is 8.11. The third-order valence-corrected chi connectivity index (χ3v) is 3.42. The molecule has 0 aromatic heterocycles. The average Bonchev–Trinajstić information content (AvgIpc) is 3.04. The highest BCUT2D eigenvalue weighted by atomic mass is 16.5. The minimum atomic E-state index is -0.408. The molecule has 6 heteroatoms. The molecule has 1 saturated heterocycles. The Hall–Kier alpha value is -2.65. The van der Waals surface area contributed by atoms with Gasteiger partial charge in [0.2, 0.25) is 5.91 Å². The van der Waals surface area contributed by atoms with Gasteiger partial charge >= 0.3 is 0 Å². The zero-order chi connectivity index (χ0) is 16.7.